The normalized spacial score (nSPS) is 18.1. The molecule has 1 amide bonds. The van der Waals surface area contributed by atoms with E-state index in [4.69, 9.17) is 4.74 Å². The van der Waals surface area contributed by atoms with Crippen LogP contribution < -0.4 is 4.74 Å². The van der Waals surface area contributed by atoms with Crippen LogP contribution in [0.15, 0.2) is 52.5 Å². The summed E-state index contributed by atoms with van der Waals surface area (Å²) in [6.07, 6.45) is 0.654. The second kappa shape index (κ2) is 9.62. The molecule has 31 heavy (non-hydrogen) atoms. The molecule has 0 spiro atoms. The molecule has 1 atom stereocenters. The molecule has 0 aromatic heterocycles. The number of methoxy groups -OCH3 is 1. The summed E-state index contributed by atoms with van der Waals surface area (Å²) >= 11 is 3.42. The first-order chi connectivity index (χ1) is 14.7. The van der Waals surface area contributed by atoms with Crippen LogP contribution in [0.3, 0.4) is 0 Å². The molecule has 1 N–H and O–H groups in total. The average molecular weight is 491 g/mol. The number of ketones is 1. The fraction of sp³-hybridized carbons (Fsp3) is 0.304. The van der Waals surface area contributed by atoms with Gasteiger partial charge in [0.15, 0.2) is 11.6 Å². The zero-order valence-corrected chi connectivity index (χ0v) is 19.1. The number of hydrogen-bond acceptors (Lipinski definition) is 5. The van der Waals surface area contributed by atoms with Gasteiger partial charge in [-0.2, -0.15) is 0 Å². The summed E-state index contributed by atoms with van der Waals surface area (Å²) in [5, 5.41) is 11.0. The highest BCUT2D eigenvalue weighted by Crippen LogP contribution is 2.40. The molecule has 1 aliphatic heterocycles. The monoisotopic (exact) mass is 490 g/mol. The van der Waals surface area contributed by atoms with E-state index in [1.807, 2.05) is 25.1 Å². The molecular formula is C23H24BrFN2O4. The molecule has 3 rings (SSSR count). The SMILES string of the molecule is COc1ccc(C(O)=C2C(=O)C(=O)N(CCCN(C)C)C2c2cccc(Br)c2)cc1F. The Labute approximate surface area is 189 Å². The standard InChI is InChI=1S/C23H24BrFN2O4/c1-26(2)10-5-11-27-20(14-6-4-7-16(24)12-14)19(22(29)23(27)30)21(28)15-8-9-18(31-3)17(25)13-15/h4,6-9,12-13,20,28H,5,10-11H2,1-3H3. The number of benzene rings is 2. The third-order valence-electron chi connectivity index (χ3n) is 5.13. The van der Waals surface area contributed by atoms with Gasteiger partial charge in [-0.1, -0.05) is 28.1 Å². The van der Waals surface area contributed by atoms with Gasteiger partial charge in [0.25, 0.3) is 11.7 Å². The molecule has 1 heterocycles. The van der Waals surface area contributed by atoms with Crippen molar-refractivity contribution in [2.24, 2.45) is 0 Å². The van der Waals surface area contributed by atoms with Crippen LogP contribution >= 0.6 is 15.9 Å². The Morgan fingerprint density at radius 3 is 2.58 bits per heavy atom. The highest BCUT2D eigenvalue weighted by molar-refractivity contribution is 9.10. The first-order valence-corrected chi connectivity index (χ1v) is 10.6. The Kier molecular flexibility index (Phi) is 7.12. The van der Waals surface area contributed by atoms with Crippen LogP contribution in [-0.4, -0.2) is 60.9 Å². The fourth-order valence-electron chi connectivity index (χ4n) is 3.66. The van der Waals surface area contributed by atoms with Crippen molar-refractivity contribution in [3.8, 4) is 5.75 Å². The zero-order valence-electron chi connectivity index (χ0n) is 17.6. The number of aliphatic hydroxyl groups excluding tert-OH is 1. The topological polar surface area (TPSA) is 70.1 Å². The number of halogens is 2. The quantitative estimate of drug-likeness (QED) is 0.361. The Morgan fingerprint density at radius 1 is 1.23 bits per heavy atom. The van der Waals surface area contributed by atoms with Crippen LogP contribution in [0.5, 0.6) is 5.75 Å². The lowest BCUT2D eigenvalue weighted by Crippen LogP contribution is -2.32. The second-order valence-electron chi connectivity index (χ2n) is 7.55. The average Bonchev–Trinajstić information content (AvgIpc) is 2.98. The molecule has 1 fully saturated rings. The van der Waals surface area contributed by atoms with Gasteiger partial charge in [-0.25, -0.2) is 4.39 Å². The number of amides is 1. The number of ether oxygens (including phenoxy) is 1. The maximum absolute atomic E-state index is 14.2. The lowest BCUT2D eigenvalue weighted by molar-refractivity contribution is -0.139. The van der Waals surface area contributed by atoms with Crippen LogP contribution in [0.2, 0.25) is 0 Å². The number of aliphatic hydroxyl groups is 1. The molecule has 1 aliphatic rings. The minimum atomic E-state index is -0.788. The van der Waals surface area contributed by atoms with Crippen molar-refractivity contribution in [1.82, 2.24) is 9.80 Å². The van der Waals surface area contributed by atoms with Crippen molar-refractivity contribution in [3.05, 3.63) is 69.5 Å². The summed E-state index contributed by atoms with van der Waals surface area (Å²) in [7, 11) is 5.20. The van der Waals surface area contributed by atoms with Gasteiger partial charge in [0, 0.05) is 16.6 Å². The number of rotatable bonds is 7. The number of likely N-dealkylation sites (tertiary alicyclic amines) is 1. The van der Waals surface area contributed by atoms with E-state index in [2.05, 4.69) is 15.9 Å². The largest absolute Gasteiger partial charge is 0.507 e. The van der Waals surface area contributed by atoms with Gasteiger partial charge in [-0.3, -0.25) is 9.59 Å². The van der Waals surface area contributed by atoms with Crippen molar-refractivity contribution >= 4 is 33.4 Å². The minimum Gasteiger partial charge on any atom is -0.507 e. The van der Waals surface area contributed by atoms with Gasteiger partial charge in [-0.05, 0) is 63.0 Å². The summed E-state index contributed by atoms with van der Waals surface area (Å²) in [5.41, 5.74) is 0.719. The number of Topliss-reactive ketones (excluding diaryl/α,β-unsaturated/α-hetero) is 1. The summed E-state index contributed by atoms with van der Waals surface area (Å²) in [6, 6.07) is 10.4. The number of carbonyl (C=O) groups excluding carboxylic acids is 2. The molecule has 164 valence electrons. The van der Waals surface area contributed by atoms with E-state index in [1.165, 1.54) is 24.1 Å². The zero-order chi connectivity index (χ0) is 22.7. The number of carbonyl (C=O) groups is 2. The molecular weight excluding hydrogens is 467 g/mol. The Bertz CT molecular complexity index is 1040. The Hall–Kier alpha value is -2.71. The molecule has 6 nitrogen and oxygen atoms in total. The predicted molar refractivity (Wildman–Crippen MR) is 119 cm³/mol. The van der Waals surface area contributed by atoms with Crippen LogP contribution in [0.4, 0.5) is 4.39 Å². The van der Waals surface area contributed by atoms with Gasteiger partial charge in [0.1, 0.15) is 5.76 Å². The van der Waals surface area contributed by atoms with Gasteiger partial charge in [0.2, 0.25) is 0 Å². The molecule has 1 saturated heterocycles. The molecule has 8 heteroatoms. The van der Waals surface area contributed by atoms with Crippen molar-refractivity contribution in [2.75, 3.05) is 34.3 Å². The van der Waals surface area contributed by atoms with E-state index in [1.54, 1.807) is 18.2 Å². The van der Waals surface area contributed by atoms with Gasteiger partial charge < -0.3 is 19.6 Å². The predicted octanol–water partition coefficient (Wildman–Crippen LogP) is 3.97. The van der Waals surface area contributed by atoms with E-state index in [-0.39, 0.29) is 16.9 Å². The fourth-order valence-corrected chi connectivity index (χ4v) is 4.08. The highest BCUT2D eigenvalue weighted by Gasteiger charge is 2.45. The third kappa shape index (κ3) is 4.80. The summed E-state index contributed by atoms with van der Waals surface area (Å²) in [6.45, 7) is 1.07. The molecule has 0 radical (unpaired) electrons. The van der Waals surface area contributed by atoms with Crippen molar-refractivity contribution < 1.29 is 23.8 Å². The minimum absolute atomic E-state index is 0.0178. The second-order valence-corrected chi connectivity index (χ2v) is 8.47. The smallest absolute Gasteiger partial charge is 0.295 e. The third-order valence-corrected chi connectivity index (χ3v) is 5.63. The summed E-state index contributed by atoms with van der Waals surface area (Å²) in [4.78, 5) is 29.3. The Morgan fingerprint density at radius 2 is 1.97 bits per heavy atom. The van der Waals surface area contributed by atoms with E-state index in [9.17, 15) is 19.1 Å². The lowest BCUT2D eigenvalue weighted by atomic mass is 9.95. The van der Waals surface area contributed by atoms with Crippen molar-refractivity contribution in [3.63, 3.8) is 0 Å². The van der Waals surface area contributed by atoms with E-state index >= 15 is 0 Å². The Balaban J connectivity index is 2.11. The van der Waals surface area contributed by atoms with Crippen LogP contribution in [0, 0.1) is 5.82 Å². The molecule has 0 saturated carbocycles. The number of nitrogens with zero attached hydrogens (tertiary/aromatic N) is 2. The molecule has 0 bridgehead atoms. The lowest BCUT2D eigenvalue weighted by Gasteiger charge is -2.26. The first-order valence-electron chi connectivity index (χ1n) is 9.77. The van der Waals surface area contributed by atoms with E-state index in [0.29, 0.717) is 18.5 Å². The van der Waals surface area contributed by atoms with Gasteiger partial charge in [-0.15, -0.1) is 0 Å². The maximum atomic E-state index is 14.2. The van der Waals surface area contributed by atoms with Crippen LogP contribution in [0.1, 0.15) is 23.6 Å². The van der Waals surface area contributed by atoms with Gasteiger partial charge >= 0.3 is 0 Å². The maximum Gasteiger partial charge on any atom is 0.295 e. The first kappa shape index (κ1) is 23.0. The molecule has 2 aromatic rings. The highest BCUT2D eigenvalue weighted by atomic mass is 79.9. The summed E-state index contributed by atoms with van der Waals surface area (Å²) < 4.78 is 19.9. The van der Waals surface area contributed by atoms with E-state index < -0.39 is 29.3 Å². The number of hydrogen-bond donors (Lipinski definition) is 1. The molecule has 1 unspecified atom stereocenters. The molecule has 2 aromatic carbocycles. The van der Waals surface area contributed by atoms with Crippen LogP contribution in [0.25, 0.3) is 5.76 Å². The molecule has 0 aliphatic carbocycles. The summed E-state index contributed by atoms with van der Waals surface area (Å²) in [5.74, 6) is -2.54. The van der Waals surface area contributed by atoms with Crippen molar-refractivity contribution in [1.29, 1.82) is 0 Å². The van der Waals surface area contributed by atoms with Crippen molar-refractivity contribution in [2.45, 2.75) is 12.5 Å². The van der Waals surface area contributed by atoms with Crippen LogP contribution in [-0.2, 0) is 9.59 Å². The van der Waals surface area contributed by atoms with E-state index in [0.717, 1.165) is 17.1 Å². The van der Waals surface area contributed by atoms with Gasteiger partial charge in [0.05, 0.1) is 18.7 Å².